The fourth-order valence-electron chi connectivity index (χ4n) is 1.61. The maximum Gasteiger partial charge on any atom is 0.407 e. The number of amides is 1. The van der Waals surface area contributed by atoms with Gasteiger partial charge in [-0.1, -0.05) is 11.8 Å². The second-order valence-electron chi connectivity index (χ2n) is 5.43. The van der Waals surface area contributed by atoms with Crippen LogP contribution >= 0.6 is 0 Å². The Kier molecular flexibility index (Phi) is 4.43. The number of fused-ring (bicyclic) bond motifs is 1. The molecule has 21 heavy (non-hydrogen) atoms. The highest BCUT2D eigenvalue weighted by atomic mass is 16.6. The minimum absolute atomic E-state index is 0.429. The molecular weight excluding hydrogens is 268 g/mol. The molecule has 0 atom stereocenters. The van der Waals surface area contributed by atoms with Crippen LogP contribution in [0.4, 0.5) is 4.79 Å². The van der Waals surface area contributed by atoms with Crippen LogP contribution in [0.1, 0.15) is 32.8 Å². The predicted octanol–water partition coefficient (Wildman–Crippen LogP) is 2.00. The van der Waals surface area contributed by atoms with Crippen LogP contribution in [0.25, 0.3) is 5.65 Å². The molecule has 0 aliphatic carbocycles. The molecule has 0 spiro atoms. The summed E-state index contributed by atoms with van der Waals surface area (Å²) in [7, 11) is 0. The number of carbonyl (C=O) groups is 1. The van der Waals surface area contributed by atoms with Crippen LogP contribution in [0.3, 0.4) is 0 Å². The number of nitrogens with zero attached hydrogens (tertiary/aromatic N) is 3. The zero-order valence-electron chi connectivity index (χ0n) is 12.4. The summed E-state index contributed by atoms with van der Waals surface area (Å²) in [6.45, 7) is 5.91. The second kappa shape index (κ2) is 6.27. The van der Waals surface area contributed by atoms with Crippen molar-refractivity contribution >= 4 is 11.7 Å². The van der Waals surface area contributed by atoms with Gasteiger partial charge in [-0.2, -0.15) is 5.10 Å². The van der Waals surface area contributed by atoms with E-state index < -0.39 is 11.7 Å². The molecule has 2 aromatic rings. The van der Waals surface area contributed by atoms with Gasteiger partial charge in [0.15, 0.2) is 5.65 Å². The first-order valence-corrected chi connectivity index (χ1v) is 6.70. The van der Waals surface area contributed by atoms with E-state index in [1.54, 1.807) is 16.9 Å². The van der Waals surface area contributed by atoms with Crippen LogP contribution < -0.4 is 5.32 Å². The molecule has 0 aliphatic rings. The zero-order chi connectivity index (χ0) is 15.3. The van der Waals surface area contributed by atoms with Crippen molar-refractivity contribution in [2.75, 3.05) is 6.54 Å². The van der Waals surface area contributed by atoms with Gasteiger partial charge in [-0.15, -0.1) is 0 Å². The normalized spacial score (nSPS) is 10.8. The third kappa shape index (κ3) is 4.49. The van der Waals surface area contributed by atoms with Gasteiger partial charge < -0.3 is 10.1 Å². The van der Waals surface area contributed by atoms with E-state index in [-0.39, 0.29) is 0 Å². The molecule has 0 saturated carbocycles. The molecule has 0 unspecified atom stereocenters. The van der Waals surface area contributed by atoms with Crippen molar-refractivity contribution in [1.82, 2.24) is 19.9 Å². The van der Waals surface area contributed by atoms with Crippen molar-refractivity contribution in [3.05, 3.63) is 30.2 Å². The molecular formula is C15H18N4O2. The smallest absolute Gasteiger partial charge is 0.407 e. The van der Waals surface area contributed by atoms with E-state index in [4.69, 9.17) is 4.74 Å². The summed E-state index contributed by atoms with van der Waals surface area (Å²) >= 11 is 0. The lowest BCUT2D eigenvalue weighted by Gasteiger charge is -2.19. The molecule has 6 heteroatoms. The van der Waals surface area contributed by atoms with Gasteiger partial charge in [0.2, 0.25) is 0 Å². The fraction of sp³-hybridized carbons (Fsp3) is 0.400. The van der Waals surface area contributed by atoms with Gasteiger partial charge in [0, 0.05) is 25.4 Å². The van der Waals surface area contributed by atoms with Crippen molar-refractivity contribution in [1.29, 1.82) is 0 Å². The Morgan fingerprint density at radius 2 is 2.29 bits per heavy atom. The summed E-state index contributed by atoms with van der Waals surface area (Å²) < 4.78 is 6.80. The quantitative estimate of drug-likeness (QED) is 0.677. The first-order chi connectivity index (χ1) is 9.96. The Morgan fingerprint density at radius 1 is 1.48 bits per heavy atom. The van der Waals surface area contributed by atoms with E-state index in [0.717, 1.165) is 11.2 Å². The van der Waals surface area contributed by atoms with Crippen LogP contribution in [0, 0.1) is 11.8 Å². The average Bonchev–Trinajstić information content (AvgIpc) is 2.80. The molecule has 0 bridgehead atoms. The first kappa shape index (κ1) is 14.9. The number of rotatable bonds is 2. The maximum absolute atomic E-state index is 11.4. The van der Waals surface area contributed by atoms with Crippen LogP contribution in [0.2, 0.25) is 0 Å². The predicted molar refractivity (Wildman–Crippen MR) is 78.7 cm³/mol. The summed E-state index contributed by atoms with van der Waals surface area (Å²) in [4.78, 5) is 15.6. The van der Waals surface area contributed by atoms with Crippen LogP contribution in [0.15, 0.2) is 24.7 Å². The van der Waals surface area contributed by atoms with E-state index >= 15 is 0 Å². The summed E-state index contributed by atoms with van der Waals surface area (Å²) in [5, 5.41) is 6.80. The van der Waals surface area contributed by atoms with Crippen molar-refractivity contribution in [2.24, 2.45) is 0 Å². The Morgan fingerprint density at radius 3 is 3.05 bits per heavy atom. The molecule has 0 fully saturated rings. The molecule has 2 rings (SSSR count). The van der Waals surface area contributed by atoms with Gasteiger partial charge in [-0.25, -0.2) is 14.3 Å². The van der Waals surface area contributed by atoms with Crippen molar-refractivity contribution < 1.29 is 9.53 Å². The highest BCUT2D eigenvalue weighted by Gasteiger charge is 2.15. The summed E-state index contributed by atoms with van der Waals surface area (Å²) in [6, 6.07) is 1.81. The fourth-order valence-corrected chi connectivity index (χ4v) is 1.61. The van der Waals surface area contributed by atoms with Gasteiger partial charge in [-0.3, -0.25) is 0 Å². The lowest BCUT2D eigenvalue weighted by atomic mass is 10.2. The topological polar surface area (TPSA) is 68.5 Å². The van der Waals surface area contributed by atoms with Crippen molar-refractivity contribution in [3.63, 3.8) is 0 Å². The van der Waals surface area contributed by atoms with Gasteiger partial charge in [0.1, 0.15) is 5.60 Å². The standard InChI is InChI=1S/C15H18N4O2/c1-15(2,3)21-14(20)17-8-5-4-7-12-11-18-19-10-6-9-16-13(12)19/h6,9-11H,5,8H2,1-3H3,(H,17,20). The molecule has 110 valence electrons. The van der Waals surface area contributed by atoms with Crippen LogP contribution in [-0.4, -0.2) is 32.8 Å². The highest BCUT2D eigenvalue weighted by molar-refractivity contribution is 5.67. The lowest BCUT2D eigenvalue weighted by molar-refractivity contribution is 0.0529. The average molecular weight is 286 g/mol. The number of nitrogens with one attached hydrogen (secondary N) is 1. The van der Waals surface area contributed by atoms with Crippen molar-refractivity contribution in [2.45, 2.75) is 32.8 Å². The lowest BCUT2D eigenvalue weighted by Crippen LogP contribution is -2.32. The Balaban J connectivity index is 1.83. The maximum atomic E-state index is 11.4. The molecule has 2 aromatic heterocycles. The Bertz CT molecular complexity index is 689. The van der Waals surface area contributed by atoms with E-state index in [9.17, 15) is 4.79 Å². The zero-order valence-corrected chi connectivity index (χ0v) is 12.4. The number of hydrogen-bond acceptors (Lipinski definition) is 4. The molecule has 0 radical (unpaired) electrons. The highest BCUT2D eigenvalue weighted by Crippen LogP contribution is 2.06. The van der Waals surface area contributed by atoms with E-state index in [1.165, 1.54) is 0 Å². The largest absolute Gasteiger partial charge is 0.444 e. The summed E-state index contributed by atoms with van der Waals surface area (Å²) in [5.41, 5.74) is 1.01. The van der Waals surface area contributed by atoms with Gasteiger partial charge in [-0.05, 0) is 26.8 Å². The first-order valence-electron chi connectivity index (χ1n) is 6.70. The molecule has 0 aliphatic heterocycles. The minimum atomic E-state index is -0.488. The molecule has 2 heterocycles. The Labute approximate surface area is 123 Å². The monoisotopic (exact) mass is 286 g/mol. The van der Waals surface area contributed by atoms with E-state index in [1.807, 2.05) is 33.0 Å². The second-order valence-corrected chi connectivity index (χ2v) is 5.43. The Hall–Kier alpha value is -2.55. The molecule has 0 saturated heterocycles. The number of carbonyl (C=O) groups excluding carboxylic acids is 1. The third-order valence-corrected chi connectivity index (χ3v) is 2.42. The van der Waals surface area contributed by atoms with Gasteiger partial charge >= 0.3 is 6.09 Å². The van der Waals surface area contributed by atoms with Gasteiger partial charge in [0.05, 0.1) is 11.8 Å². The molecule has 6 nitrogen and oxygen atoms in total. The molecule has 1 amide bonds. The summed E-state index contributed by atoms with van der Waals surface area (Å²) in [5.74, 6) is 5.99. The summed E-state index contributed by atoms with van der Waals surface area (Å²) in [6.07, 6.45) is 5.30. The van der Waals surface area contributed by atoms with E-state index in [0.29, 0.717) is 13.0 Å². The number of aromatic nitrogens is 3. The number of hydrogen-bond donors (Lipinski definition) is 1. The molecule has 1 N–H and O–H groups in total. The van der Waals surface area contributed by atoms with Crippen LogP contribution in [0.5, 0.6) is 0 Å². The minimum Gasteiger partial charge on any atom is -0.444 e. The van der Waals surface area contributed by atoms with E-state index in [2.05, 4.69) is 27.2 Å². The SMILES string of the molecule is CC(C)(C)OC(=O)NCCC#Cc1cnn2cccnc12. The number of alkyl carbamates (subject to hydrolysis) is 1. The third-order valence-electron chi connectivity index (χ3n) is 2.42. The van der Waals surface area contributed by atoms with Crippen LogP contribution in [-0.2, 0) is 4.74 Å². The number of ether oxygens (including phenoxy) is 1. The van der Waals surface area contributed by atoms with Gasteiger partial charge in [0.25, 0.3) is 0 Å². The van der Waals surface area contributed by atoms with Crippen molar-refractivity contribution in [3.8, 4) is 11.8 Å². The molecule has 0 aromatic carbocycles.